The maximum atomic E-state index is 9.25. The molecule has 0 heterocycles. The molecule has 0 fully saturated rings. The van der Waals surface area contributed by atoms with Gasteiger partial charge in [0.05, 0.1) is 0 Å². The summed E-state index contributed by atoms with van der Waals surface area (Å²) in [5, 5.41) is 16.8. The summed E-state index contributed by atoms with van der Waals surface area (Å²) < 4.78 is 0. The van der Waals surface area contributed by atoms with E-state index in [-0.39, 0.29) is 36.2 Å². The average molecular weight is 152 g/mol. The van der Waals surface area contributed by atoms with Crippen molar-refractivity contribution in [2.75, 3.05) is 6.61 Å². The maximum Gasteiger partial charge on any atom is 1.00 e. The number of aliphatic carboxylic acids is 1. The number of carboxylic acid groups (broad SMARTS) is 1. The molecule has 0 saturated carbocycles. The normalized spacial score (nSPS) is 5.70. The van der Waals surface area contributed by atoms with Crippen LogP contribution in [0.2, 0.25) is 0 Å². The first kappa shape index (κ1) is 16.5. The van der Waals surface area contributed by atoms with Gasteiger partial charge in [0.25, 0.3) is 0 Å². The molecule has 3 nitrogen and oxygen atoms in total. The number of rotatable bonds is 2. The fourth-order valence-electron chi connectivity index (χ4n) is 0. The topological polar surface area (TPSA) is 60.4 Å². The summed E-state index contributed by atoms with van der Waals surface area (Å²) in [6.07, 6.45) is 2.15. The summed E-state index contributed by atoms with van der Waals surface area (Å²) in [4.78, 5) is 9.25. The van der Waals surface area contributed by atoms with Crippen molar-refractivity contribution in [2.24, 2.45) is 0 Å². The van der Waals surface area contributed by atoms with Gasteiger partial charge < -0.3 is 10.2 Å². The van der Waals surface area contributed by atoms with E-state index in [0.717, 1.165) is 6.08 Å². The Bertz CT molecular complexity index is 101. The monoisotopic (exact) mass is 152 g/mol. The molecule has 0 aromatic carbocycles. The van der Waals surface area contributed by atoms with Crippen molar-refractivity contribution in [2.45, 2.75) is 0 Å². The molecular formula is C6H9NaO3. The van der Waals surface area contributed by atoms with E-state index in [2.05, 4.69) is 13.2 Å². The van der Waals surface area contributed by atoms with Crippen LogP contribution in [0.5, 0.6) is 0 Å². The number of hydrogen-bond donors (Lipinski definition) is 1. The zero-order valence-electron chi connectivity index (χ0n) is 6.04. The zero-order chi connectivity index (χ0) is 7.70. The Labute approximate surface area is 82.4 Å². The van der Waals surface area contributed by atoms with Crippen molar-refractivity contribution in [3.05, 3.63) is 25.3 Å². The summed E-state index contributed by atoms with van der Waals surface area (Å²) >= 11 is 0. The molecule has 0 aliphatic carbocycles. The van der Waals surface area contributed by atoms with Crippen LogP contribution in [0.25, 0.3) is 0 Å². The predicted octanol–water partition coefficient (Wildman–Crippen LogP) is -3.21. The Morgan fingerprint density at radius 3 is 1.80 bits per heavy atom. The van der Waals surface area contributed by atoms with Crippen molar-refractivity contribution in [3.8, 4) is 0 Å². The first-order chi connectivity index (χ1) is 4.18. The molecule has 0 unspecified atom stereocenters. The van der Waals surface area contributed by atoms with Crippen molar-refractivity contribution >= 4 is 5.97 Å². The van der Waals surface area contributed by atoms with Gasteiger partial charge in [-0.3, -0.25) is 0 Å². The minimum absolute atomic E-state index is 0. The standard InChI is InChI=1S/C3H4O2.C3H5O.Na/c1-2-3(4)5;1-2-3-4;/h2H,1H2,(H,4,5);2H,1,3H2;/q;-1;+1. The number of hydrogen-bond acceptors (Lipinski definition) is 2. The van der Waals surface area contributed by atoms with E-state index in [1.54, 1.807) is 0 Å². The fraction of sp³-hybridized carbons (Fsp3) is 0.167. The predicted molar refractivity (Wildman–Crippen MR) is 32.9 cm³/mol. The summed E-state index contributed by atoms with van der Waals surface area (Å²) in [6.45, 7) is 5.96. The van der Waals surface area contributed by atoms with Crippen molar-refractivity contribution < 1.29 is 44.6 Å². The molecule has 0 rings (SSSR count). The molecule has 4 heteroatoms. The van der Waals surface area contributed by atoms with Crippen LogP contribution >= 0.6 is 0 Å². The molecule has 0 amide bonds. The van der Waals surface area contributed by atoms with Gasteiger partial charge in [-0.05, 0) is 0 Å². The summed E-state index contributed by atoms with van der Waals surface area (Å²) in [5.74, 6) is -0.981. The molecule has 0 spiro atoms. The van der Waals surface area contributed by atoms with E-state index < -0.39 is 5.97 Å². The van der Waals surface area contributed by atoms with Crippen LogP contribution in [0, 0.1) is 0 Å². The van der Waals surface area contributed by atoms with E-state index in [9.17, 15) is 9.90 Å². The van der Waals surface area contributed by atoms with Gasteiger partial charge in [0, 0.05) is 6.08 Å². The summed E-state index contributed by atoms with van der Waals surface area (Å²) in [6, 6.07) is 0. The van der Waals surface area contributed by atoms with Gasteiger partial charge in [-0.2, -0.15) is 0 Å². The average Bonchev–Trinajstić information content (AvgIpc) is 1.89. The second kappa shape index (κ2) is 16.0. The van der Waals surface area contributed by atoms with Gasteiger partial charge in [-0.15, -0.1) is 19.3 Å². The quantitative estimate of drug-likeness (QED) is 0.257. The third-order valence-electron chi connectivity index (χ3n) is 0.292. The third-order valence-corrected chi connectivity index (χ3v) is 0.292. The Kier molecular flexibility index (Phi) is 26.3. The van der Waals surface area contributed by atoms with Crippen LogP contribution in [-0.2, 0) is 4.79 Å². The van der Waals surface area contributed by atoms with Crippen LogP contribution < -0.4 is 34.7 Å². The second-order valence-corrected chi connectivity index (χ2v) is 0.998. The van der Waals surface area contributed by atoms with Gasteiger partial charge in [-0.25, -0.2) is 4.79 Å². The Balaban J connectivity index is -0.0000000910. The SMILES string of the molecule is C=CC(=O)O.C=CC[O-].[Na+]. The molecule has 0 bridgehead atoms. The van der Waals surface area contributed by atoms with Crippen LogP contribution in [0.3, 0.4) is 0 Å². The maximum absolute atomic E-state index is 9.25. The van der Waals surface area contributed by atoms with E-state index in [4.69, 9.17) is 5.11 Å². The van der Waals surface area contributed by atoms with Crippen molar-refractivity contribution in [3.63, 3.8) is 0 Å². The Morgan fingerprint density at radius 1 is 1.60 bits per heavy atom. The molecule has 10 heavy (non-hydrogen) atoms. The molecule has 0 radical (unpaired) electrons. The fourth-order valence-corrected chi connectivity index (χ4v) is 0. The van der Waals surface area contributed by atoms with Crippen LogP contribution in [-0.4, -0.2) is 17.7 Å². The largest absolute Gasteiger partial charge is 1.00 e. The Hall–Kier alpha value is -0.0900. The molecule has 0 aromatic rings. The third kappa shape index (κ3) is 44.6. The molecule has 52 valence electrons. The molecule has 0 aromatic heterocycles. The van der Waals surface area contributed by atoms with Crippen LogP contribution in [0.15, 0.2) is 25.3 Å². The molecule has 1 N–H and O–H groups in total. The van der Waals surface area contributed by atoms with Crippen LogP contribution in [0.1, 0.15) is 0 Å². The van der Waals surface area contributed by atoms with E-state index in [1.165, 1.54) is 6.08 Å². The molecule has 0 saturated heterocycles. The van der Waals surface area contributed by atoms with Gasteiger partial charge in [0.2, 0.25) is 0 Å². The first-order valence-electron chi connectivity index (χ1n) is 2.23. The molecular weight excluding hydrogens is 143 g/mol. The van der Waals surface area contributed by atoms with Gasteiger partial charge >= 0.3 is 35.5 Å². The number of carboxylic acids is 1. The summed E-state index contributed by atoms with van der Waals surface area (Å²) in [7, 11) is 0. The first-order valence-corrected chi connectivity index (χ1v) is 2.23. The summed E-state index contributed by atoms with van der Waals surface area (Å²) in [5.41, 5.74) is 0. The van der Waals surface area contributed by atoms with Crippen molar-refractivity contribution in [1.82, 2.24) is 0 Å². The molecule has 0 aliphatic heterocycles. The van der Waals surface area contributed by atoms with Crippen molar-refractivity contribution in [1.29, 1.82) is 0 Å². The van der Waals surface area contributed by atoms with E-state index >= 15 is 0 Å². The zero-order valence-corrected chi connectivity index (χ0v) is 8.04. The number of carbonyl (C=O) groups is 1. The van der Waals surface area contributed by atoms with Crippen LogP contribution in [0.4, 0.5) is 0 Å². The minimum atomic E-state index is -0.981. The van der Waals surface area contributed by atoms with Gasteiger partial charge in [0.1, 0.15) is 0 Å². The molecule has 0 atom stereocenters. The van der Waals surface area contributed by atoms with Gasteiger partial charge in [0.15, 0.2) is 0 Å². The molecule has 0 aliphatic rings. The van der Waals surface area contributed by atoms with E-state index in [0.29, 0.717) is 0 Å². The smallest absolute Gasteiger partial charge is 0.851 e. The van der Waals surface area contributed by atoms with E-state index in [1.807, 2.05) is 0 Å². The second-order valence-electron chi connectivity index (χ2n) is 0.998. The Morgan fingerprint density at radius 2 is 1.80 bits per heavy atom. The van der Waals surface area contributed by atoms with Gasteiger partial charge in [-0.1, -0.05) is 6.58 Å². The minimum Gasteiger partial charge on any atom is -0.851 e.